The fourth-order valence-electron chi connectivity index (χ4n) is 1.19. The van der Waals surface area contributed by atoms with Crippen molar-refractivity contribution in [3.8, 4) is 0 Å². The molecule has 4 heteroatoms. The number of hydrogen-bond acceptors (Lipinski definition) is 3. The number of unbranched alkanes of at least 4 members (excludes halogenated alkanes) is 1. The van der Waals surface area contributed by atoms with Crippen LogP contribution in [-0.2, 0) is 4.79 Å². The fraction of sp³-hybridized carbons (Fsp3) is 0.900. The first-order valence-electron chi connectivity index (χ1n) is 5.13. The van der Waals surface area contributed by atoms with Gasteiger partial charge in [0.15, 0.2) is 0 Å². The van der Waals surface area contributed by atoms with Gasteiger partial charge >= 0.3 is 0 Å². The van der Waals surface area contributed by atoms with Crippen molar-refractivity contribution in [3.63, 3.8) is 0 Å². The third-order valence-corrected chi connectivity index (χ3v) is 2.70. The van der Waals surface area contributed by atoms with Gasteiger partial charge in [-0.1, -0.05) is 13.3 Å². The van der Waals surface area contributed by atoms with Gasteiger partial charge in [-0.2, -0.15) is 11.8 Å². The Hall–Kier alpha value is -0.220. The van der Waals surface area contributed by atoms with E-state index in [-0.39, 0.29) is 18.6 Å². The lowest BCUT2D eigenvalue weighted by molar-refractivity contribution is -0.121. The predicted octanol–water partition coefficient (Wildman–Crippen LogP) is 1.41. The molecule has 3 nitrogen and oxygen atoms in total. The number of carbonyl (C=O) groups is 1. The highest BCUT2D eigenvalue weighted by atomic mass is 32.2. The Labute approximate surface area is 90.7 Å². The summed E-state index contributed by atoms with van der Waals surface area (Å²) in [5.74, 6) is 0.984. The quantitative estimate of drug-likeness (QED) is 0.649. The van der Waals surface area contributed by atoms with Gasteiger partial charge in [-0.3, -0.25) is 4.79 Å². The lowest BCUT2D eigenvalue weighted by atomic mass is 10.2. The summed E-state index contributed by atoms with van der Waals surface area (Å²) in [6.45, 7) is 2.21. The average Bonchev–Trinajstić information content (AvgIpc) is 2.15. The van der Waals surface area contributed by atoms with E-state index in [9.17, 15) is 4.79 Å². The molecular weight excluding hydrogens is 198 g/mol. The van der Waals surface area contributed by atoms with Crippen LogP contribution < -0.4 is 5.32 Å². The van der Waals surface area contributed by atoms with Crippen molar-refractivity contribution in [1.29, 1.82) is 0 Å². The van der Waals surface area contributed by atoms with Crippen LogP contribution in [0.4, 0.5) is 0 Å². The van der Waals surface area contributed by atoms with Crippen LogP contribution in [0.5, 0.6) is 0 Å². The predicted molar refractivity (Wildman–Crippen MR) is 61.5 cm³/mol. The van der Waals surface area contributed by atoms with Crippen molar-refractivity contribution in [2.75, 3.05) is 18.6 Å². The van der Waals surface area contributed by atoms with E-state index in [2.05, 4.69) is 12.2 Å². The SMILES string of the molecule is CCCCC(=O)NC(CCO)CSC. The summed E-state index contributed by atoms with van der Waals surface area (Å²) < 4.78 is 0. The third-order valence-electron chi connectivity index (χ3n) is 1.97. The summed E-state index contributed by atoms with van der Waals surface area (Å²) in [5, 5.41) is 11.7. The number of aliphatic hydroxyl groups is 1. The smallest absolute Gasteiger partial charge is 0.220 e. The number of carbonyl (C=O) groups excluding carboxylic acids is 1. The van der Waals surface area contributed by atoms with E-state index in [4.69, 9.17) is 5.11 Å². The monoisotopic (exact) mass is 219 g/mol. The standard InChI is InChI=1S/C10H21NO2S/c1-3-4-5-10(13)11-9(6-7-12)8-14-2/h9,12H,3-8H2,1-2H3,(H,11,13). The largest absolute Gasteiger partial charge is 0.396 e. The van der Waals surface area contributed by atoms with Gasteiger partial charge in [0.25, 0.3) is 0 Å². The first-order valence-corrected chi connectivity index (χ1v) is 6.53. The van der Waals surface area contributed by atoms with Gasteiger partial charge in [-0.25, -0.2) is 0 Å². The van der Waals surface area contributed by atoms with Gasteiger partial charge in [0.05, 0.1) is 0 Å². The Morgan fingerprint density at radius 2 is 2.29 bits per heavy atom. The highest BCUT2D eigenvalue weighted by Crippen LogP contribution is 2.02. The van der Waals surface area contributed by atoms with Gasteiger partial charge in [0.1, 0.15) is 0 Å². The molecule has 1 unspecified atom stereocenters. The van der Waals surface area contributed by atoms with Crippen molar-refractivity contribution in [2.24, 2.45) is 0 Å². The molecule has 0 aliphatic rings. The van der Waals surface area contributed by atoms with Crippen LogP contribution in [0.2, 0.25) is 0 Å². The Balaban J connectivity index is 3.71. The highest BCUT2D eigenvalue weighted by Gasteiger charge is 2.10. The molecule has 0 spiro atoms. The Morgan fingerprint density at radius 1 is 1.57 bits per heavy atom. The molecule has 1 amide bonds. The first kappa shape index (κ1) is 13.8. The highest BCUT2D eigenvalue weighted by molar-refractivity contribution is 7.98. The molecule has 14 heavy (non-hydrogen) atoms. The lowest BCUT2D eigenvalue weighted by Gasteiger charge is -2.16. The van der Waals surface area contributed by atoms with Crippen molar-refractivity contribution in [3.05, 3.63) is 0 Å². The molecule has 0 bridgehead atoms. The molecule has 0 aromatic rings. The third kappa shape index (κ3) is 7.21. The molecule has 0 fully saturated rings. The number of hydrogen-bond donors (Lipinski definition) is 2. The maximum absolute atomic E-state index is 11.4. The average molecular weight is 219 g/mol. The van der Waals surface area contributed by atoms with Crippen LogP contribution in [0.1, 0.15) is 32.6 Å². The molecule has 0 heterocycles. The molecule has 0 saturated carbocycles. The molecule has 0 aliphatic heterocycles. The molecule has 0 aromatic heterocycles. The summed E-state index contributed by atoms with van der Waals surface area (Å²) in [5.41, 5.74) is 0. The molecule has 1 atom stereocenters. The van der Waals surface area contributed by atoms with E-state index in [0.717, 1.165) is 18.6 Å². The minimum Gasteiger partial charge on any atom is -0.396 e. The fourth-order valence-corrected chi connectivity index (χ4v) is 1.84. The van der Waals surface area contributed by atoms with E-state index >= 15 is 0 Å². The summed E-state index contributed by atoms with van der Waals surface area (Å²) >= 11 is 1.69. The second-order valence-electron chi connectivity index (χ2n) is 3.34. The second-order valence-corrected chi connectivity index (χ2v) is 4.25. The molecule has 0 saturated heterocycles. The number of thioether (sulfide) groups is 1. The van der Waals surface area contributed by atoms with Gasteiger partial charge in [-0.05, 0) is 19.1 Å². The van der Waals surface area contributed by atoms with Crippen LogP contribution >= 0.6 is 11.8 Å². The second kappa shape index (κ2) is 9.34. The molecule has 0 rings (SSSR count). The Bertz CT molecular complexity index is 147. The van der Waals surface area contributed by atoms with Crippen LogP contribution in [0, 0.1) is 0 Å². The minimum absolute atomic E-state index is 0.111. The topological polar surface area (TPSA) is 49.3 Å². The molecule has 0 aromatic carbocycles. The summed E-state index contributed by atoms with van der Waals surface area (Å²) in [7, 11) is 0. The summed E-state index contributed by atoms with van der Waals surface area (Å²) in [4.78, 5) is 11.4. The lowest BCUT2D eigenvalue weighted by Crippen LogP contribution is -2.37. The molecule has 84 valence electrons. The van der Waals surface area contributed by atoms with E-state index < -0.39 is 0 Å². The van der Waals surface area contributed by atoms with Crippen molar-refractivity contribution in [2.45, 2.75) is 38.6 Å². The van der Waals surface area contributed by atoms with Crippen LogP contribution in [0.15, 0.2) is 0 Å². The molecular formula is C10H21NO2S. The van der Waals surface area contributed by atoms with Crippen LogP contribution in [0.25, 0.3) is 0 Å². The first-order chi connectivity index (χ1) is 6.74. The zero-order chi connectivity index (χ0) is 10.8. The van der Waals surface area contributed by atoms with E-state index in [1.54, 1.807) is 11.8 Å². The zero-order valence-electron chi connectivity index (χ0n) is 9.08. The van der Waals surface area contributed by atoms with Gasteiger partial charge in [0.2, 0.25) is 5.91 Å². The van der Waals surface area contributed by atoms with Gasteiger partial charge in [-0.15, -0.1) is 0 Å². The molecule has 0 radical (unpaired) electrons. The van der Waals surface area contributed by atoms with Gasteiger partial charge < -0.3 is 10.4 Å². The van der Waals surface area contributed by atoms with Crippen molar-refractivity contribution < 1.29 is 9.90 Å². The molecule has 2 N–H and O–H groups in total. The molecule has 0 aliphatic carbocycles. The van der Waals surface area contributed by atoms with E-state index in [1.807, 2.05) is 6.26 Å². The maximum Gasteiger partial charge on any atom is 0.220 e. The summed E-state index contributed by atoms with van der Waals surface area (Å²) in [6, 6.07) is 0.124. The number of aliphatic hydroxyl groups excluding tert-OH is 1. The van der Waals surface area contributed by atoms with Crippen molar-refractivity contribution >= 4 is 17.7 Å². The number of rotatable bonds is 8. The zero-order valence-corrected chi connectivity index (χ0v) is 9.90. The Kier molecular flexibility index (Phi) is 9.19. The summed E-state index contributed by atoms with van der Waals surface area (Å²) in [6.07, 6.45) is 5.24. The van der Waals surface area contributed by atoms with E-state index in [0.29, 0.717) is 12.8 Å². The van der Waals surface area contributed by atoms with Crippen LogP contribution in [0.3, 0.4) is 0 Å². The van der Waals surface area contributed by atoms with Crippen molar-refractivity contribution in [1.82, 2.24) is 5.32 Å². The number of nitrogens with one attached hydrogen (secondary N) is 1. The maximum atomic E-state index is 11.4. The Morgan fingerprint density at radius 3 is 2.79 bits per heavy atom. The van der Waals surface area contributed by atoms with Gasteiger partial charge in [0, 0.05) is 24.8 Å². The van der Waals surface area contributed by atoms with Crippen LogP contribution in [-0.4, -0.2) is 35.7 Å². The van der Waals surface area contributed by atoms with E-state index in [1.165, 1.54) is 0 Å². The normalized spacial score (nSPS) is 12.5. The number of amides is 1. The minimum atomic E-state index is 0.111.